The molecule has 2 rings (SSSR count). The molecule has 1 amide bonds. The first-order valence-electron chi connectivity index (χ1n) is 6.81. The topological polar surface area (TPSA) is 99.4 Å². The van der Waals surface area contributed by atoms with Crippen LogP contribution in [0.2, 0.25) is 0 Å². The average molecular weight is 310 g/mol. The second kappa shape index (κ2) is 7.09. The van der Waals surface area contributed by atoms with E-state index in [1.165, 1.54) is 25.1 Å². The van der Waals surface area contributed by atoms with Gasteiger partial charge in [0.25, 0.3) is 5.91 Å². The maximum Gasteiger partial charge on any atom is 0.342 e. The number of phenols is 1. The van der Waals surface area contributed by atoms with Crippen molar-refractivity contribution in [3.8, 4) is 11.8 Å². The highest BCUT2D eigenvalue weighted by atomic mass is 16.5. The van der Waals surface area contributed by atoms with Gasteiger partial charge in [0.2, 0.25) is 0 Å². The summed E-state index contributed by atoms with van der Waals surface area (Å²) in [4.78, 5) is 24.0. The van der Waals surface area contributed by atoms with Gasteiger partial charge in [-0.3, -0.25) is 4.79 Å². The standard InChI is InChI=1S/C17H14N2O4/c1-11(23-17(22)14-7-2-3-8-15(14)20)16(21)19-13-6-4-5-12(9-13)10-18/h2-9,11,20H,1H3,(H,19,21)/t11-/m1/s1. The maximum absolute atomic E-state index is 12.0. The van der Waals surface area contributed by atoms with Crippen molar-refractivity contribution in [3.05, 3.63) is 59.7 Å². The number of hydrogen-bond acceptors (Lipinski definition) is 5. The number of carbonyl (C=O) groups excluding carboxylic acids is 2. The lowest BCUT2D eigenvalue weighted by molar-refractivity contribution is -0.123. The number of nitrogens with one attached hydrogen (secondary N) is 1. The van der Waals surface area contributed by atoms with Crippen molar-refractivity contribution in [1.82, 2.24) is 0 Å². The molecular weight excluding hydrogens is 296 g/mol. The van der Waals surface area contributed by atoms with Crippen LogP contribution in [0.15, 0.2) is 48.5 Å². The van der Waals surface area contributed by atoms with Gasteiger partial charge in [-0.05, 0) is 37.3 Å². The normalized spacial score (nSPS) is 11.1. The lowest BCUT2D eigenvalue weighted by Gasteiger charge is -2.14. The van der Waals surface area contributed by atoms with Gasteiger partial charge in [-0.2, -0.15) is 5.26 Å². The van der Waals surface area contributed by atoms with Gasteiger partial charge in [-0.1, -0.05) is 18.2 Å². The number of ether oxygens (including phenoxy) is 1. The summed E-state index contributed by atoms with van der Waals surface area (Å²) >= 11 is 0. The Kier molecular flexibility index (Phi) is 4.95. The molecule has 0 unspecified atom stereocenters. The minimum absolute atomic E-state index is 0.0152. The fraction of sp³-hybridized carbons (Fsp3) is 0.118. The number of rotatable bonds is 4. The smallest absolute Gasteiger partial charge is 0.342 e. The van der Waals surface area contributed by atoms with Crippen LogP contribution in [0.4, 0.5) is 5.69 Å². The highest BCUT2D eigenvalue weighted by Crippen LogP contribution is 2.17. The monoisotopic (exact) mass is 310 g/mol. The third-order valence-electron chi connectivity index (χ3n) is 3.04. The number of nitriles is 1. The third-order valence-corrected chi connectivity index (χ3v) is 3.04. The van der Waals surface area contributed by atoms with E-state index < -0.39 is 18.0 Å². The van der Waals surface area contributed by atoms with Crippen LogP contribution in [-0.2, 0) is 9.53 Å². The zero-order chi connectivity index (χ0) is 16.8. The van der Waals surface area contributed by atoms with E-state index in [1.807, 2.05) is 6.07 Å². The molecule has 2 aromatic rings. The number of aromatic hydroxyl groups is 1. The molecule has 0 saturated heterocycles. The van der Waals surface area contributed by atoms with Crippen LogP contribution >= 0.6 is 0 Å². The second-order valence-electron chi connectivity index (χ2n) is 4.75. The van der Waals surface area contributed by atoms with Crippen LogP contribution in [0.25, 0.3) is 0 Å². The molecular formula is C17H14N2O4. The van der Waals surface area contributed by atoms with Crippen molar-refractivity contribution in [2.45, 2.75) is 13.0 Å². The zero-order valence-electron chi connectivity index (χ0n) is 12.3. The lowest BCUT2D eigenvalue weighted by Crippen LogP contribution is -2.30. The van der Waals surface area contributed by atoms with E-state index in [9.17, 15) is 14.7 Å². The highest BCUT2D eigenvalue weighted by molar-refractivity contribution is 5.98. The Morgan fingerprint density at radius 3 is 2.65 bits per heavy atom. The Hall–Kier alpha value is -3.33. The summed E-state index contributed by atoms with van der Waals surface area (Å²) < 4.78 is 5.03. The Balaban J connectivity index is 2.01. The number of para-hydroxylation sites is 1. The molecule has 0 radical (unpaired) electrons. The first kappa shape index (κ1) is 16.0. The minimum Gasteiger partial charge on any atom is -0.507 e. The van der Waals surface area contributed by atoms with Crippen LogP contribution in [0, 0.1) is 11.3 Å². The van der Waals surface area contributed by atoms with Gasteiger partial charge >= 0.3 is 5.97 Å². The third kappa shape index (κ3) is 4.08. The van der Waals surface area contributed by atoms with E-state index in [2.05, 4.69) is 5.32 Å². The fourth-order valence-electron chi connectivity index (χ4n) is 1.83. The Morgan fingerprint density at radius 2 is 1.96 bits per heavy atom. The average Bonchev–Trinajstić information content (AvgIpc) is 2.55. The molecule has 0 aliphatic heterocycles. The summed E-state index contributed by atoms with van der Waals surface area (Å²) in [6, 6.07) is 14.2. The molecule has 6 heteroatoms. The molecule has 0 heterocycles. The number of benzene rings is 2. The summed E-state index contributed by atoms with van der Waals surface area (Å²) in [6.07, 6.45) is -1.06. The molecule has 0 aliphatic carbocycles. The summed E-state index contributed by atoms with van der Waals surface area (Å²) in [5.74, 6) is -1.55. The molecule has 23 heavy (non-hydrogen) atoms. The van der Waals surface area contributed by atoms with Gasteiger partial charge in [0.1, 0.15) is 11.3 Å². The molecule has 0 fully saturated rings. The quantitative estimate of drug-likeness (QED) is 0.845. The van der Waals surface area contributed by atoms with Gasteiger partial charge in [0.05, 0.1) is 11.6 Å². The van der Waals surface area contributed by atoms with Gasteiger partial charge in [0, 0.05) is 5.69 Å². The van der Waals surface area contributed by atoms with E-state index >= 15 is 0 Å². The van der Waals surface area contributed by atoms with Crippen LogP contribution < -0.4 is 5.32 Å². The molecule has 0 saturated carbocycles. The van der Waals surface area contributed by atoms with Gasteiger partial charge in [-0.25, -0.2) is 4.79 Å². The Morgan fingerprint density at radius 1 is 1.22 bits per heavy atom. The van der Waals surface area contributed by atoms with Gasteiger partial charge < -0.3 is 15.2 Å². The number of esters is 1. The largest absolute Gasteiger partial charge is 0.507 e. The molecule has 0 spiro atoms. The number of amides is 1. The Bertz CT molecular complexity index is 780. The van der Waals surface area contributed by atoms with E-state index in [4.69, 9.17) is 10.00 Å². The van der Waals surface area contributed by atoms with Crippen molar-refractivity contribution < 1.29 is 19.4 Å². The van der Waals surface area contributed by atoms with E-state index in [-0.39, 0.29) is 11.3 Å². The van der Waals surface area contributed by atoms with Gasteiger partial charge in [0.15, 0.2) is 6.10 Å². The number of carbonyl (C=O) groups is 2. The van der Waals surface area contributed by atoms with E-state index in [0.717, 1.165) is 0 Å². The Labute approximate surface area is 132 Å². The first-order valence-corrected chi connectivity index (χ1v) is 6.81. The van der Waals surface area contributed by atoms with Crippen LogP contribution in [0.5, 0.6) is 5.75 Å². The number of phenolic OH excluding ortho intramolecular Hbond substituents is 1. The lowest BCUT2D eigenvalue weighted by atomic mass is 10.2. The number of anilines is 1. The maximum atomic E-state index is 12.0. The molecule has 2 aromatic carbocycles. The van der Waals surface area contributed by atoms with Crippen molar-refractivity contribution in [2.24, 2.45) is 0 Å². The highest BCUT2D eigenvalue weighted by Gasteiger charge is 2.20. The summed E-state index contributed by atoms with van der Waals surface area (Å²) in [6.45, 7) is 1.42. The number of hydrogen-bond donors (Lipinski definition) is 2. The van der Waals surface area contributed by atoms with Crippen molar-refractivity contribution in [1.29, 1.82) is 5.26 Å². The first-order chi connectivity index (χ1) is 11.0. The van der Waals surface area contributed by atoms with Crippen molar-refractivity contribution >= 4 is 17.6 Å². The van der Waals surface area contributed by atoms with Crippen LogP contribution in [-0.4, -0.2) is 23.1 Å². The fourth-order valence-corrected chi connectivity index (χ4v) is 1.83. The van der Waals surface area contributed by atoms with Crippen LogP contribution in [0.3, 0.4) is 0 Å². The van der Waals surface area contributed by atoms with E-state index in [0.29, 0.717) is 11.3 Å². The molecule has 2 N–H and O–H groups in total. The molecule has 0 aromatic heterocycles. The predicted octanol–water partition coefficient (Wildman–Crippen LogP) is 2.45. The predicted molar refractivity (Wildman–Crippen MR) is 82.8 cm³/mol. The van der Waals surface area contributed by atoms with Crippen LogP contribution in [0.1, 0.15) is 22.8 Å². The van der Waals surface area contributed by atoms with E-state index in [1.54, 1.807) is 30.3 Å². The van der Waals surface area contributed by atoms with Crippen molar-refractivity contribution in [2.75, 3.05) is 5.32 Å². The zero-order valence-corrected chi connectivity index (χ0v) is 12.3. The summed E-state index contributed by atoms with van der Waals surface area (Å²) in [5.41, 5.74) is 0.819. The molecule has 1 atom stereocenters. The molecule has 6 nitrogen and oxygen atoms in total. The number of nitrogens with zero attached hydrogens (tertiary/aromatic N) is 1. The molecule has 116 valence electrons. The van der Waals surface area contributed by atoms with Crippen molar-refractivity contribution in [3.63, 3.8) is 0 Å². The SMILES string of the molecule is C[C@@H](OC(=O)c1ccccc1O)C(=O)Nc1cccc(C#N)c1. The second-order valence-corrected chi connectivity index (χ2v) is 4.75. The summed E-state index contributed by atoms with van der Waals surface area (Å²) in [5, 5.41) is 21.0. The molecule has 0 aliphatic rings. The minimum atomic E-state index is -1.06. The summed E-state index contributed by atoms with van der Waals surface area (Å²) in [7, 11) is 0. The van der Waals surface area contributed by atoms with Gasteiger partial charge in [-0.15, -0.1) is 0 Å². The molecule has 0 bridgehead atoms.